The highest BCUT2D eigenvalue weighted by molar-refractivity contribution is 6.13. The Labute approximate surface area is 350 Å². The zero-order valence-corrected chi connectivity index (χ0v) is 33.0. The Morgan fingerprint density at radius 3 is 0.933 bits per heavy atom. The summed E-state index contributed by atoms with van der Waals surface area (Å²) in [5, 5.41) is 9.61. The van der Waals surface area contributed by atoms with Gasteiger partial charge in [-0.25, -0.2) is 0 Å². The Morgan fingerprint density at radius 2 is 0.550 bits per heavy atom. The molecule has 60 heavy (non-hydrogen) atoms. The molecule has 0 aromatic heterocycles. The van der Waals surface area contributed by atoms with E-state index < -0.39 is 0 Å². The number of benzene rings is 11. The molecule has 0 N–H and O–H groups in total. The van der Waals surface area contributed by atoms with Crippen LogP contribution in [0.4, 0.5) is 34.1 Å². The Bertz CT molecular complexity index is 3080. The molecule has 0 amide bonds. The normalized spacial score (nSPS) is 11.3. The van der Waals surface area contributed by atoms with Gasteiger partial charge in [0.1, 0.15) is 0 Å². The van der Waals surface area contributed by atoms with E-state index in [0.717, 1.165) is 56.4 Å². The molecule has 0 aliphatic carbocycles. The summed E-state index contributed by atoms with van der Waals surface area (Å²) in [5.41, 5.74) is 11.0. The smallest absolute Gasteiger partial charge is 0.0788 e. The maximum atomic E-state index is 2.51. The van der Waals surface area contributed by atoms with Crippen molar-refractivity contribution in [3.05, 3.63) is 243 Å². The lowest BCUT2D eigenvalue weighted by Crippen LogP contribution is -2.19. The lowest BCUT2D eigenvalue weighted by atomic mass is 9.92. The molecule has 282 valence electrons. The number of hydrogen-bond donors (Lipinski definition) is 0. The van der Waals surface area contributed by atoms with Crippen LogP contribution in [0.5, 0.6) is 0 Å². The predicted molar refractivity (Wildman–Crippen MR) is 257 cm³/mol. The molecular weight excluding hydrogens is 725 g/mol. The number of anilines is 6. The minimum absolute atomic E-state index is 1.07. The Kier molecular flexibility index (Phi) is 8.87. The fraction of sp³-hybridized carbons (Fsp3) is 0. The van der Waals surface area contributed by atoms with E-state index in [9.17, 15) is 0 Å². The number of rotatable bonds is 8. The molecule has 2 nitrogen and oxygen atoms in total. The number of para-hydroxylation sites is 2. The number of hydrogen-bond acceptors (Lipinski definition) is 2. The van der Waals surface area contributed by atoms with Gasteiger partial charge in [0.05, 0.1) is 22.7 Å². The zero-order chi connectivity index (χ0) is 39.8. The minimum atomic E-state index is 1.07. The van der Waals surface area contributed by atoms with Crippen molar-refractivity contribution in [3.8, 4) is 22.3 Å². The van der Waals surface area contributed by atoms with Gasteiger partial charge in [0, 0.05) is 33.3 Å². The van der Waals surface area contributed by atoms with Crippen LogP contribution in [-0.4, -0.2) is 0 Å². The van der Waals surface area contributed by atoms with Gasteiger partial charge < -0.3 is 9.80 Å². The quantitative estimate of drug-likeness (QED) is 0.142. The summed E-state index contributed by atoms with van der Waals surface area (Å²) in [6.45, 7) is 0. The Hall–Kier alpha value is -7.94. The van der Waals surface area contributed by atoms with E-state index in [1.165, 1.54) is 43.1 Å². The van der Waals surface area contributed by atoms with E-state index >= 15 is 0 Å². The maximum Gasteiger partial charge on any atom is 0.0788 e. The summed E-state index contributed by atoms with van der Waals surface area (Å²) in [7, 11) is 0. The molecule has 11 aromatic rings. The Morgan fingerprint density at radius 1 is 0.233 bits per heavy atom. The molecule has 0 saturated heterocycles. The third-order valence-corrected chi connectivity index (χ3v) is 11.7. The van der Waals surface area contributed by atoms with Crippen LogP contribution in [0.3, 0.4) is 0 Å². The van der Waals surface area contributed by atoms with Crippen LogP contribution in [-0.2, 0) is 0 Å². The van der Waals surface area contributed by atoms with Crippen LogP contribution in [0.1, 0.15) is 0 Å². The molecule has 0 fully saturated rings. The van der Waals surface area contributed by atoms with Gasteiger partial charge in [0.2, 0.25) is 0 Å². The Balaban J connectivity index is 1.34. The monoisotopic (exact) mass is 764 g/mol. The standard InChI is InChI=1S/C58H40N2/c1-5-19-41(20-6-1)51-35-36-52(42-21-7-2-8-22-42)58(60(50-31-11-4-12-32-50)56-34-18-28-48-38-44-24-14-16-26-46(44)40-54(48)56)57(51)59(49-29-9-3-10-30-49)55-33-17-27-47-37-43-23-13-15-25-45(43)39-53(47)55/h1-40H. The van der Waals surface area contributed by atoms with Gasteiger partial charge in [-0.1, -0.05) is 182 Å². The number of nitrogens with zero attached hydrogens (tertiary/aromatic N) is 2. The van der Waals surface area contributed by atoms with Crippen LogP contribution in [0, 0.1) is 0 Å². The van der Waals surface area contributed by atoms with Crippen molar-refractivity contribution < 1.29 is 0 Å². The van der Waals surface area contributed by atoms with Gasteiger partial charge in [-0.3, -0.25) is 0 Å². The second-order valence-electron chi connectivity index (χ2n) is 15.3. The van der Waals surface area contributed by atoms with Crippen molar-refractivity contribution in [3.63, 3.8) is 0 Å². The van der Waals surface area contributed by atoms with Gasteiger partial charge >= 0.3 is 0 Å². The highest BCUT2D eigenvalue weighted by atomic mass is 15.2. The fourth-order valence-corrected chi connectivity index (χ4v) is 8.96. The van der Waals surface area contributed by atoms with E-state index in [1.807, 2.05) is 0 Å². The van der Waals surface area contributed by atoms with Crippen LogP contribution < -0.4 is 9.80 Å². The predicted octanol–water partition coefficient (Wildman–Crippen LogP) is 16.6. The highest BCUT2D eigenvalue weighted by Crippen LogP contribution is 2.55. The van der Waals surface area contributed by atoms with Crippen molar-refractivity contribution >= 4 is 77.2 Å². The first-order valence-corrected chi connectivity index (χ1v) is 20.6. The molecule has 11 aromatic carbocycles. The summed E-state index contributed by atoms with van der Waals surface area (Å²) in [6.07, 6.45) is 0. The molecule has 0 aliphatic rings. The molecule has 0 atom stereocenters. The van der Waals surface area contributed by atoms with Crippen LogP contribution in [0.25, 0.3) is 65.3 Å². The summed E-state index contributed by atoms with van der Waals surface area (Å²) in [5.74, 6) is 0. The average molecular weight is 765 g/mol. The van der Waals surface area contributed by atoms with Crippen molar-refractivity contribution in [2.24, 2.45) is 0 Å². The summed E-state index contributed by atoms with van der Waals surface area (Å²) in [4.78, 5) is 5.02. The van der Waals surface area contributed by atoms with E-state index in [0.29, 0.717) is 0 Å². The van der Waals surface area contributed by atoms with E-state index in [-0.39, 0.29) is 0 Å². The maximum absolute atomic E-state index is 2.51. The third-order valence-electron chi connectivity index (χ3n) is 11.7. The summed E-state index contributed by atoms with van der Waals surface area (Å²) >= 11 is 0. The van der Waals surface area contributed by atoms with Gasteiger partial charge in [0.25, 0.3) is 0 Å². The first-order chi connectivity index (χ1) is 29.8. The molecule has 11 rings (SSSR count). The van der Waals surface area contributed by atoms with Crippen molar-refractivity contribution in [1.82, 2.24) is 0 Å². The summed E-state index contributed by atoms with van der Waals surface area (Å²) < 4.78 is 0. The number of fused-ring (bicyclic) bond motifs is 4. The molecule has 0 bridgehead atoms. The first kappa shape index (κ1) is 35.2. The van der Waals surface area contributed by atoms with Crippen molar-refractivity contribution in [1.29, 1.82) is 0 Å². The van der Waals surface area contributed by atoms with Gasteiger partial charge in [-0.05, 0) is 104 Å². The topological polar surface area (TPSA) is 6.48 Å². The van der Waals surface area contributed by atoms with Crippen LogP contribution in [0.2, 0.25) is 0 Å². The average Bonchev–Trinajstić information content (AvgIpc) is 3.32. The van der Waals surface area contributed by atoms with Gasteiger partial charge in [-0.15, -0.1) is 0 Å². The van der Waals surface area contributed by atoms with Crippen molar-refractivity contribution in [2.75, 3.05) is 9.80 Å². The molecule has 0 spiro atoms. The van der Waals surface area contributed by atoms with E-state index in [2.05, 4.69) is 252 Å². The molecule has 2 heteroatoms. The van der Waals surface area contributed by atoms with Gasteiger partial charge in [-0.2, -0.15) is 0 Å². The lowest BCUT2D eigenvalue weighted by Gasteiger charge is -2.37. The third kappa shape index (κ3) is 6.23. The second-order valence-corrected chi connectivity index (χ2v) is 15.3. The lowest BCUT2D eigenvalue weighted by molar-refractivity contribution is 1.24. The second kappa shape index (κ2) is 15.1. The van der Waals surface area contributed by atoms with Crippen LogP contribution in [0.15, 0.2) is 243 Å². The van der Waals surface area contributed by atoms with Crippen LogP contribution >= 0.6 is 0 Å². The SMILES string of the molecule is c1ccc(-c2ccc(-c3ccccc3)c(N(c3ccccc3)c3cccc4cc5ccccc5cc34)c2N(c2ccccc2)c2cccc3cc4ccccc4cc23)cc1. The fourth-order valence-electron chi connectivity index (χ4n) is 8.96. The first-order valence-electron chi connectivity index (χ1n) is 20.6. The molecule has 0 saturated carbocycles. The zero-order valence-electron chi connectivity index (χ0n) is 33.0. The van der Waals surface area contributed by atoms with E-state index in [4.69, 9.17) is 0 Å². The molecule has 0 unspecified atom stereocenters. The molecule has 0 aliphatic heterocycles. The molecular formula is C58H40N2. The van der Waals surface area contributed by atoms with E-state index in [1.54, 1.807) is 0 Å². The minimum Gasteiger partial charge on any atom is -0.307 e. The molecule has 0 heterocycles. The summed E-state index contributed by atoms with van der Waals surface area (Å²) in [6, 6.07) is 88.4. The van der Waals surface area contributed by atoms with Crippen molar-refractivity contribution in [2.45, 2.75) is 0 Å². The molecule has 0 radical (unpaired) electrons. The largest absolute Gasteiger partial charge is 0.307 e. The highest BCUT2D eigenvalue weighted by Gasteiger charge is 2.30. The van der Waals surface area contributed by atoms with Gasteiger partial charge in [0.15, 0.2) is 0 Å².